The number of fused-ring (bicyclic) bond motifs is 6. The molecule has 0 spiro atoms. The van der Waals surface area contributed by atoms with Crippen LogP contribution in [0.3, 0.4) is 0 Å². The maximum Gasteiger partial charge on any atom is 0.235 e. The van der Waals surface area contributed by atoms with E-state index in [9.17, 15) is 0 Å². The Morgan fingerprint density at radius 3 is 1.90 bits per heavy atom. The third kappa shape index (κ3) is 4.52. The highest BCUT2D eigenvalue weighted by Crippen LogP contribution is 2.58. The van der Waals surface area contributed by atoms with E-state index in [1.807, 2.05) is 12.1 Å². The van der Waals surface area contributed by atoms with Crippen LogP contribution in [-0.2, 0) is 5.41 Å². The van der Waals surface area contributed by atoms with E-state index in [2.05, 4.69) is 181 Å². The Morgan fingerprint density at radius 1 is 0.510 bits per heavy atom. The zero-order valence-corrected chi connectivity index (χ0v) is 27.9. The molecular formula is C48H33N3. The highest BCUT2D eigenvalue weighted by molar-refractivity contribution is 6.11. The number of benzene rings is 6. The predicted molar refractivity (Wildman–Crippen MR) is 210 cm³/mol. The lowest BCUT2D eigenvalue weighted by atomic mass is 9.66. The van der Waals surface area contributed by atoms with Gasteiger partial charge >= 0.3 is 0 Å². The van der Waals surface area contributed by atoms with Crippen LogP contribution < -0.4 is 0 Å². The zero-order valence-electron chi connectivity index (χ0n) is 27.9. The molecule has 0 saturated carbocycles. The molecule has 8 aromatic rings. The average Bonchev–Trinajstić information content (AvgIpc) is 3.51. The molecule has 3 nitrogen and oxygen atoms in total. The van der Waals surface area contributed by atoms with Crippen molar-refractivity contribution in [2.24, 2.45) is 0 Å². The summed E-state index contributed by atoms with van der Waals surface area (Å²) in [7, 11) is 0. The van der Waals surface area contributed by atoms with Crippen molar-refractivity contribution in [1.82, 2.24) is 14.5 Å². The van der Waals surface area contributed by atoms with E-state index in [-0.39, 0.29) is 0 Å². The van der Waals surface area contributed by atoms with Crippen molar-refractivity contribution >= 4 is 21.8 Å². The Labute approximate surface area is 297 Å². The molecule has 0 bridgehead atoms. The van der Waals surface area contributed by atoms with Gasteiger partial charge in [0.15, 0.2) is 0 Å². The van der Waals surface area contributed by atoms with E-state index in [1.165, 1.54) is 44.2 Å². The van der Waals surface area contributed by atoms with Gasteiger partial charge in [0, 0.05) is 21.9 Å². The molecule has 2 aromatic heterocycles. The normalized spacial score (nSPS) is 16.2. The molecule has 240 valence electrons. The summed E-state index contributed by atoms with van der Waals surface area (Å²) in [5.74, 6) is 0.655. The number of allylic oxidation sites excluding steroid dienone is 6. The zero-order chi connectivity index (χ0) is 33.8. The third-order valence-corrected chi connectivity index (χ3v) is 10.5. The van der Waals surface area contributed by atoms with Gasteiger partial charge < -0.3 is 0 Å². The molecule has 3 heteroatoms. The van der Waals surface area contributed by atoms with Gasteiger partial charge in [0.25, 0.3) is 0 Å². The lowest BCUT2D eigenvalue weighted by Gasteiger charge is -2.34. The van der Waals surface area contributed by atoms with E-state index in [0.29, 0.717) is 5.95 Å². The summed E-state index contributed by atoms with van der Waals surface area (Å²) >= 11 is 0. The minimum Gasteiger partial charge on any atom is -0.278 e. The van der Waals surface area contributed by atoms with E-state index in [0.717, 1.165) is 40.0 Å². The summed E-state index contributed by atoms with van der Waals surface area (Å²) in [6.45, 7) is 0. The van der Waals surface area contributed by atoms with Crippen molar-refractivity contribution in [2.45, 2.75) is 11.8 Å². The van der Waals surface area contributed by atoms with Gasteiger partial charge in [-0.15, -0.1) is 0 Å². The Balaban J connectivity index is 1.31. The molecule has 10 rings (SSSR count). The summed E-state index contributed by atoms with van der Waals surface area (Å²) in [5.41, 5.74) is 13.2. The van der Waals surface area contributed by atoms with Crippen LogP contribution in [0.15, 0.2) is 194 Å². The number of nitrogens with zero attached hydrogens (tertiary/aromatic N) is 3. The molecule has 6 aromatic carbocycles. The van der Waals surface area contributed by atoms with Gasteiger partial charge in [-0.3, -0.25) is 4.57 Å². The fourth-order valence-electron chi connectivity index (χ4n) is 8.34. The highest BCUT2D eigenvalue weighted by atomic mass is 15.2. The standard InChI is InChI=1S/C48H33N3/c1-2-11-23-35(22-10-1)48(36-24-12-5-13-25-36)41-28-16-14-26-37(41)39-31-46-40(30-42(39)48)38-27-15-17-29-45(38)51(46)47-49-43(33-18-6-3-7-19-33)32-44(50-47)34-20-8-4-9-21-34/h1-10,12-32H,11H2. The Kier molecular flexibility index (Phi) is 6.78. The van der Waals surface area contributed by atoms with Crippen LogP contribution in [0.5, 0.6) is 0 Å². The number of para-hydroxylation sites is 1. The second kappa shape index (κ2) is 11.8. The van der Waals surface area contributed by atoms with E-state index >= 15 is 0 Å². The van der Waals surface area contributed by atoms with E-state index < -0.39 is 5.41 Å². The van der Waals surface area contributed by atoms with Gasteiger partial charge in [-0.05, 0) is 64.1 Å². The number of hydrogen-bond acceptors (Lipinski definition) is 2. The number of rotatable bonds is 5. The fraction of sp³-hybridized carbons (Fsp3) is 0.0417. The van der Waals surface area contributed by atoms with E-state index in [1.54, 1.807) is 0 Å². The summed E-state index contributed by atoms with van der Waals surface area (Å²) in [6.07, 6.45) is 12.2. The fourth-order valence-corrected chi connectivity index (χ4v) is 8.34. The van der Waals surface area contributed by atoms with Crippen molar-refractivity contribution in [3.63, 3.8) is 0 Å². The Bertz CT molecular complexity index is 2640. The highest BCUT2D eigenvalue weighted by Gasteiger charge is 2.47. The maximum absolute atomic E-state index is 5.30. The molecule has 0 fully saturated rings. The topological polar surface area (TPSA) is 30.7 Å². The molecule has 51 heavy (non-hydrogen) atoms. The quantitative estimate of drug-likeness (QED) is 0.185. The van der Waals surface area contributed by atoms with Gasteiger partial charge in [0.1, 0.15) is 0 Å². The van der Waals surface area contributed by atoms with Crippen molar-refractivity contribution in [3.05, 3.63) is 210 Å². The smallest absolute Gasteiger partial charge is 0.235 e. The summed E-state index contributed by atoms with van der Waals surface area (Å²) in [5, 5.41) is 2.36. The lowest BCUT2D eigenvalue weighted by molar-refractivity contribution is 0.765. The monoisotopic (exact) mass is 651 g/mol. The van der Waals surface area contributed by atoms with Crippen molar-refractivity contribution in [2.75, 3.05) is 0 Å². The Morgan fingerprint density at radius 2 is 1.16 bits per heavy atom. The molecule has 0 amide bonds. The van der Waals surface area contributed by atoms with Crippen LogP contribution >= 0.6 is 0 Å². The summed E-state index contributed by atoms with van der Waals surface area (Å²) in [6, 6.07) is 56.5. The first-order valence-electron chi connectivity index (χ1n) is 17.6. The molecule has 1 unspecified atom stereocenters. The summed E-state index contributed by atoms with van der Waals surface area (Å²) < 4.78 is 2.27. The second-order valence-corrected chi connectivity index (χ2v) is 13.3. The summed E-state index contributed by atoms with van der Waals surface area (Å²) in [4.78, 5) is 10.6. The van der Waals surface area contributed by atoms with Crippen LogP contribution in [0.2, 0.25) is 0 Å². The molecule has 2 aliphatic rings. The van der Waals surface area contributed by atoms with Crippen molar-refractivity contribution in [1.29, 1.82) is 0 Å². The van der Waals surface area contributed by atoms with Gasteiger partial charge in [0.2, 0.25) is 5.95 Å². The lowest BCUT2D eigenvalue weighted by Crippen LogP contribution is -2.29. The SMILES string of the molecule is C1=CCC=C(C2(c3ccccc3)c3ccccc3-c3cc4c(cc32)c2ccccc2n4-c2nc(-c3ccccc3)cc(-c3ccccc3)n2)C=C1. The van der Waals surface area contributed by atoms with Crippen molar-refractivity contribution in [3.8, 4) is 39.6 Å². The predicted octanol–water partition coefficient (Wildman–Crippen LogP) is 11.7. The minimum absolute atomic E-state index is 0.475. The van der Waals surface area contributed by atoms with Gasteiger partial charge in [-0.2, -0.15) is 0 Å². The first kappa shape index (κ1) is 29.3. The molecular weight excluding hydrogens is 619 g/mol. The average molecular weight is 652 g/mol. The second-order valence-electron chi connectivity index (χ2n) is 13.3. The first-order valence-corrected chi connectivity index (χ1v) is 17.6. The van der Waals surface area contributed by atoms with Crippen LogP contribution in [0.1, 0.15) is 23.1 Å². The van der Waals surface area contributed by atoms with Gasteiger partial charge in [-0.1, -0.05) is 164 Å². The van der Waals surface area contributed by atoms with Crippen molar-refractivity contribution < 1.29 is 0 Å². The molecule has 1 atom stereocenters. The molecule has 0 radical (unpaired) electrons. The van der Waals surface area contributed by atoms with Crippen LogP contribution in [0, 0.1) is 0 Å². The van der Waals surface area contributed by atoms with Crippen LogP contribution in [-0.4, -0.2) is 14.5 Å². The number of hydrogen-bond donors (Lipinski definition) is 0. The molecule has 0 saturated heterocycles. The number of aromatic nitrogens is 3. The maximum atomic E-state index is 5.30. The van der Waals surface area contributed by atoms with Crippen LogP contribution in [0.4, 0.5) is 0 Å². The van der Waals surface area contributed by atoms with Crippen LogP contribution in [0.25, 0.3) is 61.4 Å². The third-order valence-electron chi connectivity index (χ3n) is 10.5. The van der Waals surface area contributed by atoms with E-state index in [4.69, 9.17) is 9.97 Å². The minimum atomic E-state index is -0.475. The largest absolute Gasteiger partial charge is 0.278 e. The Hall–Kier alpha value is -6.58. The molecule has 2 aliphatic carbocycles. The molecule has 0 aliphatic heterocycles. The van der Waals surface area contributed by atoms with Gasteiger partial charge in [0.05, 0.1) is 27.8 Å². The first-order chi connectivity index (χ1) is 25.3. The molecule has 2 heterocycles. The molecule has 0 N–H and O–H groups in total. The van der Waals surface area contributed by atoms with Gasteiger partial charge in [-0.25, -0.2) is 9.97 Å².